The maximum Gasteiger partial charge on any atom is -0.00548 e. The molecule has 1 saturated carbocycles. The molecule has 0 bridgehead atoms. The van der Waals surface area contributed by atoms with Crippen molar-refractivity contribution in [2.75, 3.05) is 0 Å². The molecule has 1 fully saturated rings. The lowest BCUT2D eigenvalue weighted by atomic mass is 9.96. The number of allylic oxidation sites excluding steroid dienone is 1. The fourth-order valence-corrected chi connectivity index (χ4v) is 3.94. The summed E-state index contributed by atoms with van der Waals surface area (Å²) in [6, 6.07) is 15.7. The van der Waals surface area contributed by atoms with Crippen LogP contribution in [0, 0.1) is 12.8 Å². The van der Waals surface area contributed by atoms with Crippen LogP contribution in [0.5, 0.6) is 0 Å². The monoisotopic (exact) mass is 274 g/mol. The predicted octanol–water partition coefficient (Wildman–Crippen LogP) is 5.79. The second-order valence-corrected chi connectivity index (χ2v) is 6.62. The highest BCUT2D eigenvalue weighted by Gasteiger charge is 2.24. The molecule has 0 spiro atoms. The van der Waals surface area contributed by atoms with Crippen LogP contribution in [0.15, 0.2) is 48.0 Å². The quantitative estimate of drug-likeness (QED) is 0.650. The van der Waals surface area contributed by atoms with Gasteiger partial charge in [0, 0.05) is 0 Å². The summed E-state index contributed by atoms with van der Waals surface area (Å²) in [5.74, 6) is 0.850. The van der Waals surface area contributed by atoms with E-state index in [1.54, 1.807) is 5.57 Å². The van der Waals surface area contributed by atoms with Gasteiger partial charge in [-0.1, -0.05) is 72.5 Å². The van der Waals surface area contributed by atoms with E-state index in [1.807, 2.05) is 0 Å². The van der Waals surface area contributed by atoms with E-state index < -0.39 is 0 Å². The van der Waals surface area contributed by atoms with E-state index >= 15 is 0 Å². The number of hydrogen-bond acceptors (Lipinski definition) is 0. The molecule has 4 rings (SSSR count). The normalized spacial score (nSPS) is 17.9. The molecular formula is C21H22. The molecule has 0 amide bonds. The van der Waals surface area contributed by atoms with Crippen LogP contribution in [0.3, 0.4) is 0 Å². The van der Waals surface area contributed by atoms with Crippen molar-refractivity contribution in [1.29, 1.82) is 0 Å². The highest BCUT2D eigenvalue weighted by Crippen LogP contribution is 2.41. The van der Waals surface area contributed by atoms with E-state index in [4.69, 9.17) is 0 Å². The standard InChI is InChI=1S/C21H22/c1-15-9-11-17(12-10-15)20-8-4-7-18-13-19(14-21(18)20)16-5-2-3-6-16/h4,7-12,14,16H,2-3,5-6,13H2,1H3. The number of rotatable bonds is 2. The zero-order valence-corrected chi connectivity index (χ0v) is 12.7. The van der Waals surface area contributed by atoms with Gasteiger partial charge in [-0.2, -0.15) is 0 Å². The third-order valence-corrected chi connectivity index (χ3v) is 5.16. The smallest absolute Gasteiger partial charge is 0.00548 e. The largest absolute Gasteiger partial charge is 0.0621 e. The van der Waals surface area contributed by atoms with E-state index in [0.29, 0.717) is 0 Å². The third-order valence-electron chi connectivity index (χ3n) is 5.16. The fraction of sp³-hybridized carbons (Fsp3) is 0.333. The molecule has 106 valence electrons. The summed E-state index contributed by atoms with van der Waals surface area (Å²) in [4.78, 5) is 0. The van der Waals surface area contributed by atoms with Crippen molar-refractivity contribution in [2.45, 2.75) is 39.0 Å². The van der Waals surface area contributed by atoms with Gasteiger partial charge >= 0.3 is 0 Å². The number of fused-ring (bicyclic) bond motifs is 1. The van der Waals surface area contributed by atoms with Crippen LogP contribution in [0.2, 0.25) is 0 Å². The van der Waals surface area contributed by atoms with Gasteiger partial charge in [0.15, 0.2) is 0 Å². The van der Waals surface area contributed by atoms with Crippen LogP contribution in [0.4, 0.5) is 0 Å². The van der Waals surface area contributed by atoms with E-state index in [9.17, 15) is 0 Å². The van der Waals surface area contributed by atoms with Crippen LogP contribution < -0.4 is 0 Å². The van der Waals surface area contributed by atoms with Crippen molar-refractivity contribution < 1.29 is 0 Å². The molecule has 0 aliphatic heterocycles. The first-order valence-electron chi connectivity index (χ1n) is 8.21. The summed E-state index contributed by atoms with van der Waals surface area (Å²) in [5, 5.41) is 0. The molecule has 0 atom stereocenters. The van der Waals surface area contributed by atoms with Gasteiger partial charge in [0.1, 0.15) is 0 Å². The maximum absolute atomic E-state index is 2.50. The molecule has 2 aliphatic rings. The Morgan fingerprint density at radius 3 is 2.43 bits per heavy atom. The lowest BCUT2D eigenvalue weighted by molar-refractivity contribution is 0.634. The summed E-state index contributed by atoms with van der Waals surface area (Å²) in [6.45, 7) is 2.15. The Bertz CT molecular complexity index is 682. The van der Waals surface area contributed by atoms with Gasteiger partial charge in [-0.3, -0.25) is 0 Å². The molecule has 0 heteroatoms. The number of hydrogen-bond donors (Lipinski definition) is 0. The molecule has 2 aromatic carbocycles. The zero-order chi connectivity index (χ0) is 14.2. The fourth-order valence-electron chi connectivity index (χ4n) is 3.94. The summed E-state index contributed by atoms with van der Waals surface area (Å²) in [6.07, 6.45) is 9.33. The van der Waals surface area contributed by atoms with Crippen molar-refractivity contribution in [3.8, 4) is 11.1 Å². The van der Waals surface area contributed by atoms with E-state index in [1.165, 1.54) is 59.9 Å². The summed E-state index contributed by atoms with van der Waals surface area (Å²) in [5.41, 5.74) is 8.76. The average Bonchev–Trinajstić information content (AvgIpc) is 3.16. The van der Waals surface area contributed by atoms with Gasteiger partial charge in [-0.05, 0) is 54.4 Å². The molecule has 0 unspecified atom stereocenters. The molecule has 0 N–H and O–H groups in total. The van der Waals surface area contributed by atoms with Gasteiger partial charge in [0.2, 0.25) is 0 Å². The van der Waals surface area contributed by atoms with Crippen LogP contribution in [-0.4, -0.2) is 0 Å². The summed E-state index contributed by atoms with van der Waals surface area (Å²) >= 11 is 0. The molecule has 0 aromatic heterocycles. The maximum atomic E-state index is 2.50. The van der Waals surface area contributed by atoms with E-state index in [-0.39, 0.29) is 0 Å². The molecule has 0 nitrogen and oxygen atoms in total. The Kier molecular flexibility index (Phi) is 3.18. The first kappa shape index (κ1) is 12.9. The van der Waals surface area contributed by atoms with Crippen LogP contribution in [0.25, 0.3) is 17.2 Å². The average molecular weight is 274 g/mol. The number of benzene rings is 2. The van der Waals surface area contributed by atoms with Crippen molar-refractivity contribution in [3.05, 3.63) is 64.7 Å². The summed E-state index contributed by atoms with van der Waals surface area (Å²) < 4.78 is 0. The minimum atomic E-state index is 0.850. The van der Waals surface area contributed by atoms with Crippen LogP contribution >= 0.6 is 0 Å². The van der Waals surface area contributed by atoms with Crippen molar-refractivity contribution in [1.82, 2.24) is 0 Å². The molecular weight excluding hydrogens is 252 g/mol. The third kappa shape index (κ3) is 2.33. The van der Waals surface area contributed by atoms with Crippen LogP contribution in [0.1, 0.15) is 42.4 Å². The highest BCUT2D eigenvalue weighted by atomic mass is 14.3. The highest BCUT2D eigenvalue weighted by molar-refractivity contribution is 5.81. The van der Waals surface area contributed by atoms with Crippen molar-refractivity contribution in [3.63, 3.8) is 0 Å². The van der Waals surface area contributed by atoms with E-state index in [0.717, 1.165) is 5.92 Å². The predicted molar refractivity (Wildman–Crippen MR) is 90.3 cm³/mol. The lowest BCUT2D eigenvalue weighted by Gasteiger charge is -2.09. The Morgan fingerprint density at radius 2 is 1.67 bits per heavy atom. The molecule has 0 saturated heterocycles. The zero-order valence-electron chi connectivity index (χ0n) is 12.7. The Hall–Kier alpha value is -1.82. The lowest BCUT2D eigenvalue weighted by Crippen LogP contribution is -1.97. The molecule has 2 aliphatic carbocycles. The van der Waals surface area contributed by atoms with Crippen molar-refractivity contribution in [2.24, 2.45) is 5.92 Å². The topological polar surface area (TPSA) is 0 Å². The minimum Gasteiger partial charge on any atom is -0.0621 e. The van der Waals surface area contributed by atoms with E-state index in [2.05, 4.69) is 55.5 Å². The molecule has 21 heavy (non-hydrogen) atoms. The first-order valence-corrected chi connectivity index (χ1v) is 8.21. The van der Waals surface area contributed by atoms with Crippen LogP contribution in [-0.2, 0) is 6.42 Å². The van der Waals surface area contributed by atoms with Gasteiger partial charge in [-0.25, -0.2) is 0 Å². The number of aryl methyl sites for hydroxylation is 1. The summed E-state index contributed by atoms with van der Waals surface area (Å²) in [7, 11) is 0. The molecule has 0 heterocycles. The minimum absolute atomic E-state index is 0.850. The Morgan fingerprint density at radius 1 is 0.905 bits per heavy atom. The van der Waals surface area contributed by atoms with Gasteiger partial charge in [-0.15, -0.1) is 0 Å². The Labute approximate surface area is 127 Å². The SMILES string of the molecule is Cc1ccc(-c2cccc3c2C=C(C2CCCC2)C3)cc1. The molecule has 0 radical (unpaired) electrons. The van der Waals surface area contributed by atoms with Gasteiger partial charge < -0.3 is 0 Å². The van der Waals surface area contributed by atoms with Gasteiger partial charge in [0.25, 0.3) is 0 Å². The second-order valence-electron chi connectivity index (χ2n) is 6.62. The van der Waals surface area contributed by atoms with Crippen molar-refractivity contribution >= 4 is 6.08 Å². The second kappa shape index (κ2) is 5.18. The Balaban J connectivity index is 1.75. The van der Waals surface area contributed by atoms with Gasteiger partial charge in [0.05, 0.1) is 0 Å². The molecule has 2 aromatic rings. The first-order chi connectivity index (χ1) is 10.3.